The van der Waals surface area contributed by atoms with Crippen molar-refractivity contribution in [1.29, 1.82) is 0 Å². The van der Waals surface area contributed by atoms with E-state index in [0.29, 0.717) is 17.8 Å². The Morgan fingerprint density at radius 3 is 2.71 bits per heavy atom. The average molecular weight is 230 g/mol. The second kappa shape index (κ2) is 4.74. The van der Waals surface area contributed by atoms with Gasteiger partial charge in [-0.05, 0) is 24.3 Å². The molecular weight excluding hydrogens is 216 g/mol. The molecule has 0 aliphatic carbocycles. The number of carboxylic acid groups (broad SMARTS) is 1. The molecule has 88 valence electrons. The van der Waals surface area contributed by atoms with Gasteiger partial charge in [-0.1, -0.05) is 12.1 Å². The van der Waals surface area contributed by atoms with Gasteiger partial charge in [0.1, 0.15) is 0 Å². The lowest BCUT2D eigenvalue weighted by Crippen LogP contribution is -2.08. The van der Waals surface area contributed by atoms with Crippen LogP contribution in [0.25, 0.3) is 0 Å². The van der Waals surface area contributed by atoms with Crippen molar-refractivity contribution in [1.82, 2.24) is 4.57 Å². The van der Waals surface area contributed by atoms with Gasteiger partial charge in [-0.15, -0.1) is 0 Å². The number of carbonyl (C=O) groups is 1. The van der Waals surface area contributed by atoms with Gasteiger partial charge in [0.05, 0.1) is 12.1 Å². The number of hydrogen-bond acceptors (Lipinski definition) is 2. The number of carboxylic acids is 1. The first-order chi connectivity index (χ1) is 8.18. The van der Waals surface area contributed by atoms with E-state index in [0.717, 1.165) is 5.69 Å². The van der Waals surface area contributed by atoms with Crippen molar-refractivity contribution in [2.45, 2.75) is 6.54 Å². The van der Waals surface area contributed by atoms with Crippen molar-refractivity contribution >= 4 is 11.7 Å². The van der Waals surface area contributed by atoms with Crippen LogP contribution in [0.15, 0.2) is 42.6 Å². The van der Waals surface area contributed by atoms with E-state index in [1.54, 1.807) is 18.2 Å². The third kappa shape index (κ3) is 2.47. The lowest BCUT2D eigenvalue weighted by molar-refractivity contribution is 0.0698. The van der Waals surface area contributed by atoms with Crippen LogP contribution in [-0.4, -0.2) is 15.6 Å². The van der Waals surface area contributed by atoms with E-state index in [9.17, 15) is 4.79 Å². The number of rotatable bonds is 4. The summed E-state index contributed by atoms with van der Waals surface area (Å²) in [5.74, 6) is -0.917. The van der Waals surface area contributed by atoms with Crippen molar-refractivity contribution < 1.29 is 9.90 Å². The van der Waals surface area contributed by atoms with Crippen LogP contribution in [0.2, 0.25) is 0 Å². The summed E-state index contributed by atoms with van der Waals surface area (Å²) < 4.78 is 2.00. The van der Waals surface area contributed by atoms with E-state index in [-0.39, 0.29) is 0 Å². The first kappa shape index (κ1) is 11.3. The van der Waals surface area contributed by atoms with Crippen molar-refractivity contribution in [3.63, 3.8) is 0 Å². The van der Waals surface area contributed by atoms with Gasteiger partial charge in [-0.25, -0.2) is 4.79 Å². The molecule has 0 radical (unpaired) electrons. The molecule has 1 heterocycles. The molecule has 4 heteroatoms. The molecule has 0 unspecified atom stereocenters. The van der Waals surface area contributed by atoms with Gasteiger partial charge in [0.15, 0.2) is 0 Å². The number of aromatic nitrogens is 1. The maximum Gasteiger partial charge on any atom is 0.337 e. The Morgan fingerprint density at radius 1 is 1.29 bits per heavy atom. The van der Waals surface area contributed by atoms with Crippen LogP contribution in [0.3, 0.4) is 0 Å². The predicted molar refractivity (Wildman–Crippen MR) is 66.1 cm³/mol. The van der Waals surface area contributed by atoms with Crippen LogP contribution in [0.4, 0.5) is 5.69 Å². The molecule has 2 N–H and O–H groups in total. The third-order valence-electron chi connectivity index (χ3n) is 2.67. The van der Waals surface area contributed by atoms with Gasteiger partial charge in [0, 0.05) is 24.6 Å². The minimum absolute atomic E-state index is 0.293. The summed E-state index contributed by atoms with van der Waals surface area (Å²) in [6, 6.07) is 10.9. The number of nitrogens with zero attached hydrogens (tertiary/aromatic N) is 1. The van der Waals surface area contributed by atoms with Crippen LogP contribution < -0.4 is 5.32 Å². The number of nitrogens with one attached hydrogen (secondary N) is 1. The molecule has 2 rings (SSSR count). The Labute approximate surface area is 99.5 Å². The highest BCUT2D eigenvalue weighted by atomic mass is 16.4. The summed E-state index contributed by atoms with van der Waals surface area (Å²) in [5.41, 5.74) is 2.04. The van der Waals surface area contributed by atoms with Crippen molar-refractivity contribution in [3.8, 4) is 0 Å². The van der Waals surface area contributed by atoms with E-state index >= 15 is 0 Å². The molecule has 0 amide bonds. The molecule has 0 aliphatic rings. The van der Waals surface area contributed by atoms with E-state index in [2.05, 4.69) is 5.32 Å². The van der Waals surface area contributed by atoms with Crippen LogP contribution in [-0.2, 0) is 13.6 Å². The highest BCUT2D eigenvalue weighted by Crippen LogP contribution is 2.16. The largest absolute Gasteiger partial charge is 0.478 e. The maximum absolute atomic E-state index is 11.0. The van der Waals surface area contributed by atoms with Gasteiger partial charge < -0.3 is 15.0 Å². The van der Waals surface area contributed by atoms with E-state index in [4.69, 9.17) is 5.11 Å². The fourth-order valence-corrected chi connectivity index (χ4v) is 1.69. The zero-order valence-electron chi connectivity index (χ0n) is 9.55. The fourth-order valence-electron chi connectivity index (χ4n) is 1.69. The normalized spacial score (nSPS) is 10.2. The molecule has 0 fully saturated rings. The van der Waals surface area contributed by atoms with Crippen molar-refractivity contribution in [2.75, 3.05) is 5.32 Å². The molecule has 0 atom stereocenters. The molecule has 0 saturated carbocycles. The van der Waals surface area contributed by atoms with Crippen molar-refractivity contribution in [2.24, 2.45) is 7.05 Å². The molecule has 0 bridgehead atoms. The molecule has 1 aromatic carbocycles. The number of aryl methyl sites for hydroxylation is 1. The molecule has 0 spiro atoms. The first-order valence-electron chi connectivity index (χ1n) is 5.35. The van der Waals surface area contributed by atoms with Gasteiger partial charge in [0.25, 0.3) is 0 Å². The number of benzene rings is 1. The predicted octanol–water partition coefficient (Wildman–Crippen LogP) is 2.34. The standard InChI is InChI=1S/C13H14N2O2/c1-15-8-4-5-10(15)9-14-12-7-3-2-6-11(12)13(16)17/h2-8,14H,9H2,1H3,(H,16,17). The van der Waals surface area contributed by atoms with E-state index in [1.165, 1.54) is 0 Å². The number of para-hydroxylation sites is 1. The van der Waals surface area contributed by atoms with Crippen LogP contribution >= 0.6 is 0 Å². The van der Waals surface area contributed by atoms with Crippen molar-refractivity contribution in [3.05, 3.63) is 53.9 Å². The minimum Gasteiger partial charge on any atom is -0.478 e. The summed E-state index contributed by atoms with van der Waals surface area (Å²) in [4.78, 5) is 11.0. The lowest BCUT2D eigenvalue weighted by Gasteiger charge is -2.09. The maximum atomic E-state index is 11.0. The Bertz CT molecular complexity index is 532. The second-order valence-corrected chi connectivity index (χ2v) is 3.81. The first-order valence-corrected chi connectivity index (χ1v) is 5.35. The minimum atomic E-state index is -0.917. The van der Waals surface area contributed by atoms with Crippen LogP contribution in [0, 0.1) is 0 Å². The average Bonchev–Trinajstić information content (AvgIpc) is 2.72. The van der Waals surface area contributed by atoms with Crippen LogP contribution in [0.5, 0.6) is 0 Å². The third-order valence-corrected chi connectivity index (χ3v) is 2.67. The Hall–Kier alpha value is -2.23. The zero-order valence-corrected chi connectivity index (χ0v) is 9.55. The van der Waals surface area contributed by atoms with Gasteiger partial charge in [-0.3, -0.25) is 0 Å². The highest BCUT2D eigenvalue weighted by Gasteiger charge is 2.08. The van der Waals surface area contributed by atoms with E-state index < -0.39 is 5.97 Å². The summed E-state index contributed by atoms with van der Waals surface area (Å²) in [5, 5.41) is 12.2. The summed E-state index contributed by atoms with van der Waals surface area (Å²) >= 11 is 0. The molecule has 1 aromatic heterocycles. The number of anilines is 1. The molecule has 4 nitrogen and oxygen atoms in total. The zero-order chi connectivity index (χ0) is 12.3. The molecule has 0 aliphatic heterocycles. The SMILES string of the molecule is Cn1cccc1CNc1ccccc1C(=O)O. The molecule has 2 aromatic rings. The van der Waals surface area contributed by atoms with E-state index in [1.807, 2.05) is 36.0 Å². The quantitative estimate of drug-likeness (QED) is 0.847. The Kier molecular flexibility index (Phi) is 3.14. The Balaban J connectivity index is 2.14. The molecule has 0 saturated heterocycles. The summed E-state index contributed by atoms with van der Waals surface area (Å²) in [6.45, 7) is 0.605. The molecule has 17 heavy (non-hydrogen) atoms. The summed E-state index contributed by atoms with van der Waals surface area (Å²) in [7, 11) is 1.96. The summed E-state index contributed by atoms with van der Waals surface area (Å²) in [6.07, 6.45) is 1.96. The topological polar surface area (TPSA) is 54.3 Å². The molecular formula is C13H14N2O2. The van der Waals surface area contributed by atoms with Gasteiger partial charge >= 0.3 is 5.97 Å². The Morgan fingerprint density at radius 2 is 2.06 bits per heavy atom. The van der Waals surface area contributed by atoms with Gasteiger partial charge in [-0.2, -0.15) is 0 Å². The number of hydrogen-bond donors (Lipinski definition) is 2. The fraction of sp³-hybridized carbons (Fsp3) is 0.154. The second-order valence-electron chi connectivity index (χ2n) is 3.81. The lowest BCUT2D eigenvalue weighted by atomic mass is 10.2. The highest BCUT2D eigenvalue weighted by molar-refractivity contribution is 5.94. The smallest absolute Gasteiger partial charge is 0.337 e. The van der Waals surface area contributed by atoms with Crippen LogP contribution in [0.1, 0.15) is 16.1 Å². The van der Waals surface area contributed by atoms with Gasteiger partial charge in [0.2, 0.25) is 0 Å². The number of aromatic carboxylic acids is 1. The monoisotopic (exact) mass is 230 g/mol.